The number of nitrogens with zero attached hydrogens (tertiary/aromatic N) is 4. The Balaban J connectivity index is 1.43. The molecule has 0 saturated carbocycles. The van der Waals surface area contributed by atoms with Gasteiger partial charge in [-0.3, -0.25) is 9.48 Å². The highest BCUT2D eigenvalue weighted by Gasteiger charge is 2.25. The van der Waals surface area contributed by atoms with Crippen LogP contribution in [0.2, 0.25) is 0 Å². The molecule has 1 unspecified atom stereocenters. The number of carbonyl (C=O) groups excluding carboxylic acids is 1. The van der Waals surface area contributed by atoms with E-state index in [9.17, 15) is 4.79 Å². The van der Waals surface area contributed by atoms with Gasteiger partial charge in [-0.05, 0) is 18.5 Å². The van der Waals surface area contributed by atoms with Gasteiger partial charge >= 0.3 is 0 Å². The average Bonchev–Trinajstić information content (AvgIpc) is 3.14. The number of hydrogen-bond acceptors (Lipinski definition) is 4. The Morgan fingerprint density at radius 3 is 2.90 bits per heavy atom. The number of likely N-dealkylation sites (tertiary alicyclic amines) is 1. The molecule has 3 heterocycles. The van der Waals surface area contributed by atoms with E-state index in [-0.39, 0.29) is 0 Å². The van der Waals surface area contributed by atoms with Crippen LogP contribution < -0.4 is 5.32 Å². The van der Waals surface area contributed by atoms with Crippen molar-refractivity contribution < 1.29 is 4.79 Å². The summed E-state index contributed by atoms with van der Waals surface area (Å²) in [7, 11) is 1.96. The Labute approximate surface area is 126 Å². The fraction of sp³-hybridized carbons (Fsp3) is 0.733. The van der Waals surface area contributed by atoms with Crippen molar-refractivity contribution >= 4 is 5.91 Å². The van der Waals surface area contributed by atoms with Gasteiger partial charge in [0.1, 0.15) is 0 Å². The standard InChI is InChI=1S/C15H25N5O/c1-18-11-14(10-17-18)13-2-6-19(12-13)7-3-15(21)20-8-4-16-5-9-20/h10-11,13,16H,2-9,12H2,1H3. The number of carbonyl (C=O) groups is 1. The molecule has 2 saturated heterocycles. The fourth-order valence-electron chi connectivity index (χ4n) is 3.28. The first-order chi connectivity index (χ1) is 10.2. The van der Waals surface area contributed by atoms with Gasteiger partial charge in [-0.15, -0.1) is 0 Å². The summed E-state index contributed by atoms with van der Waals surface area (Å²) in [6.45, 7) is 6.61. The maximum absolute atomic E-state index is 12.2. The van der Waals surface area contributed by atoms with Gasteiger partial charge in [-0.25, -0.2) is 0 Å². The van der Waals surface area contributed by atoms with Gasteiger partial charge in [0.25, 0.3) is 0 Å². The molecule has 1 aromatic heterocycles. The molecule has 3 rings (SSSR count). The average molecular weight is 291 g/mol. The number of amides is 1. The van der Waals surface area contributed by atoms with Gasteiger partial charge in [-0.1, -0.05) is 0 Å². The van der Waals surface area contributed by atoms with Crippen LogP contribution in [0.4, 0.5) is 0 Å². The molecule has 1 N–H and O–H groups in total. The van der Waals surface area contributed by atoms with Crippen LogP contribution in [0.15, 0.2) is 12.4 Å². The molecular weight excluding hydrogens is 266 g/mol. The number of rotatable bonds is 4. The number of piperazine rings is 1. The first-order valence-corrected chi connectivity index (χ1v) is 7.92. The van der Waals surface area contributed by atoms with Crippen molar-refractivity contribution in [3.05, 3.63) is 18.0 Å². The Morgan fingerprint density at radius 2 is 2.19 bits per heavy atom. The van der Waals surface area contributed by atoms with Crippen LogP contribution >= 0.6 is 0 Å². The smallest absolute Gasteiger partial charge is 0.223 e. The predicted molar refractivity (Wildman–Crippen MR) is 81.1 cm³/mol. The summed E-state index contributed by atoms with van der Waals surface area (Å²) in [5.41, 5.74) is 1.33. The van der Waals surface area contributed by atoms with Crippen molar-refractivity contribution in [3.8, 4) is 0 Å². The van der Waals surface area contributed by atoms with Crippen LogP contribution in [0.5, 0.6) is 0 Å². The highest BCUT2D eigenvalue weighted by Crippen LogP contribution is 2.26. The minimum Gasteiger partial charge on any atom is -0.340 e. The van der Waals surface area contributed by atoms with Gasteiger partial charge in [0.2, 0.25) is 5.91 Å². The minimum absolute atomic E-state index is 0.307. The number of hydrogen-bond donors (Lipinski definition) is 1. The zero-order valence-electron chi connectivity index (χ0n) is 12.8. The van der Waals surface area contributed by atoms with Crippen molar-refractivity contribution in [1.82, 2.24) is 24.9 Å². The van der Waals surface area contributed by atoms with Crippen LogP contribution in [-0.2, 0) is 11.8 Å². The topological polar surface area (TPSA) is 53.4 Å². The molecule has 0 bridgehead atoms. The quantitative estimate of drug-likeness (QED) is 0.850. The predicted octanol–water partition coefficient (Wildman–Crippen LogP) is 0.0313. The monoisotopic (exact) mass is 291 g/mol. The van der Waals surface area contributed by atoms with Crippen LogP contribution in [0, 0.1) is 0 Å². The maximum Gasteiger partial charge on any atom is 0.223 e. The van der Waals surface area contributed by atoms with Crippen molar-refractivity contribution in [3.63, 3.8) is 0 Å². The Hall–Kier alpha value is -1.40. The SMILES string of the molecule is Cn1cc(C2CCN(CCC(=O)N3CCNCC3)C2)cn1. The molecule has 6 heteroatoms. The third kappa shape index (κ3) is 3.63. The summed E-state index contributed by atoms with van der Waals surface area (Å²) in [4.78, 5) is 16.6. The molecule has 0 spiro atoms. The zero-order valence-corrected chi connectivity index (χ0v) is 12.8. The largest absolute Gasteiger partial charge is 0.340 e. The number of aryl methyl sites for hydroxylation is 1. The lowest BCUT2D eigenvalue weighted by Crippen LogP contribution is -2.47. The third-order valence-corrected chi connectivity index (χ3v) is 4.58. The van der Waals surface area contributed by atoms with Crippen molar-refractivity contribution in [2.45, 2.75) is 18.8 Å². The Kier molecular flexibility index (Phi) is 4.55. The van der Waals surface area contributed by atoms with Crippen LogP contribution in [0.3, 0.4) is 0 Å². The van der Waals surface area contributed by atoms with Crippen molar-refractivity contribution in [2.24, 2.45) is 7.05 Å². The van der Waals surface area contributed by atoms with Gasteiger partial charge in [0.05, 0.1) is 6.20 Å². The summed E-state index contributed by atoms with van der Waals surface area (Å²) in [5.74, 6) is 0.884. The number of aromatic nitrogens is 2. The van der Waals surface area contributed by atoms with E-state index in [2.05, 4.69) is 21.5 Å². The van der Waals surface area contributed by atoms with E-state index in [0.717, 1.165) is 45.8 Å². The molecule has 0 aromatic carbocycles. The van der Waals surface area contributed by atoms with Crippen LogP contribution in [0.25, 0.3) is 0 Å². The highest BCUT2D eigenvalue weighted by atomic mass is 16.2. The van der Waals surface area contributed by atoms with Crippen molar-refractivity contribution in [1.29, 1.82) is 0 Å². The van der Waals surface area contributed by atoms with Gasteiger partial charge < -0.3 is 15.1 Å². The lowest BCUT2D eigenvalue weighted by atomic mass is 10.0. The second-order valence-corrected chi connectivity index (χ2v) is 6.11. The molecule has 0 aliphatic carbocycles. The molecule has 2 aliphatic rings. The van der Waals surface area contributed by atoms with Crippen LogP contribution in [-0.4, -0.2) is 71.3 Å². The van der Waals surface area contributed by atoms with E-state index >= 15 is 0 Å². The Morgan fingerprint density at radius 1 is 1.38 bits per heavy atom. The molecule has 1 aromatic rings. The van der Waals surface area contributed by atoms with E-state index in [1.54, 1.807) is 0 Å². The zero-order chi connectivity index (χ0) is 14.7. The van der Waals surface area contributed by atoms with E-state index in [0.29, 0.717) is 18.2 Å². The fourth-order valence-corrected chi connectivity index (χ4v) is 3.28. The summed E-state index contributed by atoms with van der Waals surface area (Å²) >= 11 is 0. The molecular formula is C15H25N5O. The normalized spacial score (nSPS) is 23.7. The Bertz CT molecular complexity index is 480. The molecule has 116 valence electrons. The lowest BCUT2D eigenvalue weighted by molar-refractivity contribution is -0.132. The molecule has 1 amide bonds. The maximum atomic E-state index is 12.2. The summed E-state index contributed by atoms with van der Waals surface area (Å²) in [5, 5.41) is 7.53. The highest BCUT2D eigenvalue weighted by molar-refractivity contribution is 5.76. The van der Waals surface area contributed by atoms with Gasteiger partial charge in [0.15, 0.2) is 0 Å². The molecule has 21 heavy (non-hydrogen) atoms. The molecule has 1 atom stereocenters. The van der Waals surface area contributed by atoms with E-state index in [4.69, 9.17) is 0 Å². The molecule has 0 radical (unpaired) electrons. The van der Waals surface area contributed by atoms with Crippen LogP contribution in [0.1, 0.15) is 24.3 Å². The molecule has 2 aliphatic heterocycles. The minimum atomic E-state index is 0.307. The summed E-state index contributed by atoms with van der Waals surface area (Å²) in [6.07, 6.45) is 5.91. The third-order valence-electron chi connectivity index (χ3n) is 4.58. The van der Waals surface area contributed by atoms with E-state index < -0.39 is 0 Å². The van der Waals surface area contributed by atoms with E-state index in [1.165, 1.54) is 12.0 Å². The first kappa shape index (κ1) is 14.5. The second-order valence-electron chi connectivity index (χ2n) is 6.11. The first-order valence-electron chi connectivity index (χ1n) is 7.92. The van der Waals surface area contributed by atoms with E-state index in [1.807, 2.05) is 22.8 Å². The number of nitrogens with one attached hydrogen (secondary N) is 1. The molecule has 2 fully saturated rings. The summed E-state index contributed by atoms with van der Waals surface area (Å²) in [6, 6.07) is 0. The second kappa shape index (κ2) is 6.58. The lowest BCUT2D eigenvalue weighted by Gasteiger charge is -2.28. The molecule has 6 nitrogen and oxygen atoms in total. The van der Waals surface area contributed by atoms with Gasteiger partial charge in [0, 0.05) is 64.9 Å². The summed E-state index contributed by atoms with van der Waals surface area (Å²) < 4.78 is 1.87. The van der Waals surface area contributed by atoms with Gasteiger partial charge in [-0.2, -0.15) is 5.10 Å². The van der Waals surface area contributed by atoms with Crippen molar-refractivity contribution in [2.75, 3.05) is 45.8 Å².